The topological polar surface area (TPSA) is 76.9 Å². The Labute approximate surface area is 150 Å². The molecule has 4 nitrogen and oxygen atoms in total. The van der Waals surface area contributed by atoms with Crippen molar-refractivity contribution in [3.63, 3.8) is 0 Å². The molecule has 5 heteroatoms. The summed E-state index contributed by atoms with van der Waals surface area (Å²) < 4.78 is 0. The van der Waals surface area contributed by atoms with Crippen LogP contribution >= 0.6 is 11.6 Å². The molecular formula is C20H15ClN2O2. The maximum absolute atomic E-state index is 12.5. The number of nitriles is 1. The summed E-state index contributed by atoms with van der Waals surface area (Å²) >= 11 is 6.04. The summed E-state index contributed by atoms with van der Waals surface area (Å²) in [5.74, 6) is 0.00251. The van der Waals surface area contributed by atoms with Crippen LogP contribution in [0.2, 0.25) is 5.02 Å². The molecule has 25 heavy (non-hydrogen) atoms. The van der Waals surface area contributed by atoms with Crippen LogP contribution in [-0.2, 0) is 0 Å². The molecule has 0 spiro atoms. The van der Waals surface area contributed by atoms with Gasteiger partial charge in [0.15, 0.2) is 0 Å². The average molecular weight is 351 g/mol. The lowest BCUT2D eigenvalue weighted by Gasteiger charge is -2.14. The maximum Gasteiger partial charge on any atom is 0.266 e. The van der Waals surface area contributed by atoms with Crippen molar-refractivity contribution in [1.82, 2.24) is 4.98 Å². The van der Waals surface area contributed by atoms with Crippen LogP contribution in [0.15, 0.2) is 47.3 Å². The highest BCUT2D eigenvalue weighted by atomic mass is 35.5. The van der Waals surface area contributed by atoms with Gasteiger partial charge < -0.3 is 10.1 Å². The first-order chi connectivity index (χ1) is 11.9. The van der Waals surface area contributed by atoms with Crippen molar-refractivity contribution in [1.29, 1.82) is 5.26 Å². The van der Waals surface area contributed by atoms with E-state index in [-0.39, 0.29) is 11.3 Å². The number of rotatable bonds is 2. The minimum Gasteiger partial charge on any atom is -0.507 e. The molecule has 1 aromatic heterocycles. The molecule has 3 aromatic rings. The van der Waals surface area contributed by atoms with E-state index in [9.17, 15) is 15.2 Å². The van der Waals surface area contributed by atoms with Gasteiger partial charge in [-0.15, -0.1) is 0 Å². The van der Waals surface area contributed by atoms with Crippen LogP contribution in [-0.4, -0.2) is 10.1 Å². The number of hydrogen-bond donors (Lipinski definition) is 2. The van der Waals surface area contributed by atoms with Crippen LogP contribution in [0.5, 0.6) is 5.75 Å². The lowest BCUT2D eigenvalue weighted by Crippen LogP contribution is -2.15. The number of pyridine rings is 1. The number of nitrogens with zero attached hydrogens (tertiary/aromatic N) is 1. The van der Waals surface area contributed by atoms with E-state index in [0.717, 1.165) is 11.1 Å². The third-order valence-corrected chi connectivity index (χ3v) is 4.38. The highest BCUT2D eigenvalue weighted by molar-refractivity contribution is 6.31. The number of H-pyrrole nitrogens is 1. The van der Waals surface area contributed by atoms with E-state index in [1.165, 1.54) is 6.07 Å². The molecule has 2 N–H and O–H groups in total. The molecule has 0 atom stereocenters. The van der Waals surface area contributed by atoms with Gasteiger partial charge >= 0.3 is 0 Å². The molecule has 0 saturated carbocycles. The Morgan fingerprint density at radius 3 is 2.44 bits per heavy atom. The molecule has 2 aromatic carbocycles. The summed E-state index contributed by atoms with van der Waals surface area (Å²) in [6.45, 7) is 3.77. The van der Waals surface area contributed by atoms with E-state index in [0.29, 0.717) is 27.4 Å². The van der Waals surface area contributed by atoms with E-state index in [2.05, 4.69) is 4.98 Å². The molecule has 0 radical (unpaired) electrons. The van der Waals surface area contributed by atoms with Crippen LogP contribution in [0.3, 0.4) is 0 Å². The second kappa shape index (κ2) is 6.46. The quantitative estimate of drug-likeness (QED) is 0.711. The monoisotopic (exact) mass is 350 g/mol. The zero-order valence-electron chi connectivity index (χ0n) is 13.7. The Kier molecular flexibility index (Phi) is 4.35. The number of aromatic nitrogens is 1. The van der Waals surface area contributed by atoms with E-state index in [1.807, 2.05) is 44.2 Å². The fraction of sp³-hybridized carbons (Fsp3) is 0.100. The molecule has 0 aliphatic rings. The van der Waals surface area contributed by atoms with Crippen molar-refractivity contribution in [2.24, 2.45) is 0 Å². The minimum absolute atomic E-state index is 0.00251. The van der Waals surface area contributed by atoms with Crippen molar-refractivity contribution in [3.8, 4) is 34.2 Å². The van der Waals surface area contributed by atoms with Crippen LogP contribution in [0.1, 0.15) is 16.7 Å². The van der Waals surface area contributed by atoms with Crippen LogP contribution in [0.25, 0.3) is 22.4 Å². The zero-order valence-corrected chi connectivity index (χ0v) is 14.5. The number of nitrogens with one attached hydrogen (secondary N) is 1. The van der Waals surface area contributed by atoms with Crippen molar-refractivity contribution < 1.29 is 5.11 Å². The zero-order chi connectivity index (χ0) is 18.1. The van der Waals surface area contributed by atoms with Crippen LogP contribution in [0, 0.1) is 25.2 Å². The Morgan fingerprint density at radius 1 is 1.12 bits per heavy atom. The maximum atomic E-state index is 12.5. The fourth-order valence-corrected chi connectivity index (χ4v) is 3.03. The Hall–Kier alpha value is -3.03. The largest absolute Gasteiger partial charge is 0.507 e. The summed E-state index contributed by atoms with van der Waals surface area (Å²) in [6.07, 6.45) is 0. The van der Waals surface area contributed by atoms with Gasteiger partial charge in [-0.2, -0.15) is 5.26 Å². The standard InChI is InChI=1S/C20H15ClN2O2/c1-11-3-5-13(6-4-11)18-12(2)19(23-20(25)16(18)10-22)15-9-14(21)7-8-17(15)24/h3-9,24H,1-2H3,(H,23,25). The second-order valence-corrected chi connectivity index (χ2v) is 6.28. The van der Waals surface area contributed by atoms with Gasteiger partial charge in [-0.1, -0.05) is 41.4 Å². The Bertz CT molecular complexity index is 1060. The van der Waals surface area contributed by atoms with E-state index in [4.69, 9.17) is 11.6 Å². The molecular weight excluding hydrogens is 336 g/mol. The van der Waals surface area contributed by atoms with Gasteiger partial charge in [0.25, 0.3) is 5.56 Å². The lowest BCUT2D eigenvalue weighted by molar-refractivity contribution is 0.477. The van der Waals surface area contributed by atoms with Crippen molar-refractivity contribution >= 4 is 11.6 Å². The highest BCUT2D eigenvalue weighted by Gasteiger charge is 2.19. The normalized spacial score (nSPS) is 10.5. The third kappa shape index (κ3) is 3.02. The lowest BCUT2D eigenvalue weighted by atomic mass is 9.92. The molecule has 0 bridgehead atoms. The summed E-state index contributed by atoms with van der Waals surface area (Å²) in [6, 6.07) is 14.2. The minimum atomic E-state index is -0.502. The predicted molar refractivity (Wildman–Crippen MR) is 98.8 cm³/mol. The van der Waals surface area contributed by atoms with E-state index >= 15 is 0 Å². The van der Waals surface area contributed by atoms with Crippen molar-refractivity contribution in [2.75, 3.05) is 0 Å². The summed E-state index contributed by atoms with van der Waals surface area (Å²) in [4.78, 5) is 15.2. The molecule has 0 saturated heterocycles. The number of hydrogen-bond acceptors (Lipinski definition) is 3. The number of benzene rings is 2. The molecule has 3 rings (SSSR count). The fourth-order valence-electron chi connectivity index (χ4n) is 2.86. The summed E-state index contributed by atoms with van der Waals surface area (Å²) in [5, 5.41) is 20.1. The first kappa shape index (κ1) is 16.8. The predicted octanol–water partition coefficient (Wildman–Crippen LogP) is 4.56. The van der Waals surface area contributed by atoms with Gasteiger partial charge in [0.2, 0.25) is 0 Å². The average Bonchev–Trinajstić information content (AvgIpc) is 2.59. The van der Waals surface area contributed by atoms with Gasteiger partial charge in [0, 0.05) is 16.1 Å². The Morgan fingerprint density at radius 2 is 1.80 bits per heavy atom. The SMILES string of the molecule is Cc1ccc(-c2c(C)c(-c3cc(Cl)ccc3O)[nH]c(=O)c2C#N)cc1. The smallest absolute Gasteiger partial charge is 0.266 e. The third-order valence-electron chi connectivity index (χ3n) is 4.15. The molecule has 0 fully saturated rings. The number of aromatic amines is 1. The first-order valence-corrected chi connectivity index (χ1v) is 8.03. The highest BCUT2D eigenvalue weighted by Crippen LogP contribution is 2.36. The molecule has 124 valence electrons. The summed E-state index contributed by atoms with van der Waals surface area (Å²) in [7, 11) is 0. The number of phenolic OH excluding ortho intramolecular Hbond substituents is 1. The second-order valence-electron chi connectivity index (χ2n) is 5.84. The number of aromatic hydroxyl groups is 1. The van der Waals surface area contributed by atoms with Gasteiger partial charge in [-0.25, -0.2) is 0 Å². The van der Waals surface area contributed by atoms with Gasteiger partial charge in [-0.05, 0) is 43.2 Å². The van der Waals surface area contributed by atoms with Gasteiger partial charge in [0.05, 0.1) is 5.69 Å². The van der Waals surface area contributed by atoms with Crippen molar-refractivity contribution in [2.45, 2.75) is 13.8 Å². The van der Waals surface area contributed by atoms with E-state index < -0.39 is 5.56 Å². The number of phenols is 1. The number of halogens is 1. The van der Waals surface area contributed by atoms with E-state index in [1.54, 1.807) is 12.1 Å². The molecule has 0 aliphatic heterocycles. The van der Waals surface area contributed by atoms with Crippen LogP contribution in [0.4, 0.5) is 0 Å². The van der Waals surface area contributed by atoms with Gasteiger partial charge in [0.1, 0.15) is 17.4 Å². The Balaban J connectivity index is 2.37. The first-order valence-electron chi connectivity index (χ1n) is 7.65. The number of aryl methyl sites for hydroxylation is 1. The molecule has 1 heterocycles. The van der Waals surface area contributed by atoms with Crippen molar-refractivity contribution in [3.05, 3.63) is 74.5 Å². The van der Waals surface area contributed by atoms with Crippen LogP contribution < -0.4 is 5.56 Å². The molecule has 0 amide bonds. The van der Waals surface area contributed by atoms with Gasteiger partial charge in [-0.3, -0.25) is 4.79 Å². The molecule has 0 aliphatic carbocycles. The summed E-state index contributed by atoms with van der Waals surface area (Å²) in [5.41, 5.74) is 3.51. The molecule has 0 unspecified atom stereocenters.